The fourth-order valence-electron chi connectivity index (χ4n) is 1.06. The van der Waals surface area contributed by atoms with Crippen molar-refractivity contribution >= 4 is 11.8 Å². The van der Waals surface area contributed by atoms with Crippen LogP contribution in [0, 0.1) is 12.1 Å². The van der Waals surface area contributed by atoms with E-state index < -0.39 is 0 Å². The summed E-state index contributed by atoms with van der Waals surface area (Å²) >= 11 is 1.37. The van der Waals surface area contributed by atoms with Gasteiger partial charge in [0, 0.05) is 12.1 Å². The molecular weight excluding hydrogens is 214 g/mol. The molecule has 0 spiro atoms. The number of thioether (sulfide) groups is 1. The first-order chi connectivity index (χ1) is 7.25. The van der Waals surface area contributed by atoms with Gasteiger partial charge in [0.1, 0.15) is 0 Å². The lowest BCUT2D eigenvalue weighted by molar-refractivity contribution is -0.645. The van der Waals surface area contributed by atoms with Crippen molar-refractivity contribution in [2.75, 3.05) is 0 Å². The lowest BCUT2D eigenvalue weighted by atomic mass is 10.5. The van der Waals surface area contributed by atoms with E-state index >= 15 is 0 Å². The first-order valence-electron chi connectivity index (χ1n) is 4.36. The maximum absolute atomic E-state index is 11.3. The zero-order valence-electron chi connectivity index (χ0n) is 8.08. The second kappa shape index (κ2) is 4.31. The van der Waals surface area contributed by atoms with E-state index in [1.165, 1.54) is 18.0 Å². The van der Waals surface area contributed by atoms with E-state index in [2.05, 4.69) is 10.1 Å². The van der Waals surface area contributed by atoms with Crippen LogP contribution in [0.3, 0.4) is 0 Å². The summed E-state index contributed by atoms with van der Waals surface area (Å²) in [6.07, 6.45) is 1.46. The van der Waals surface area contributed by atoms with E-state index in [1.54, 1.807) is 19.1 Å². The van der Waals surface area contributed by atoms with E-state index in [4.69, 9.17) is 4.52 Å². The van der Waals surface area contributed by atoms with Crippen LogP contribution in [0.5, 0.6) is 0 Å². The van der Waals surface area contributed by atoms with Crippen molar-refractivity contribution in [2.45, 2.75) is 17.7 Å². The molecule has 2 rings (SSSR count). The van der Waals surface area contributed by atoms with Gasteiger partial charge in [0.15, 0.2) is 12.0 Å². The molecule has 0 unspecified atom stereocenters. The Labute approximate surface area is 90.7 Å². The predicted octanol–water partition coefficient (Wildman–Crippen LogP) is 1.30. The molecule has 0 aromatic carbocycles. The van der Waals surface area contributed by atoms with Crippen molar-refractivity contribution in [3.05, 3.63) is 41.3 Å². The smallest absolute Gasteiger partial charge is 0.251 e. The van der Waals surface area contributed by atoms with E-state index in [9.17, 15) is 5.21 Å². The number of pyridine rings is 1. The van der Waals surface area contributed by atoms with Gasteiger partial charge in [-0.2, -0.15) is 9.71 Å². The number of nitrogens with zero attached hydrogens (tertiary/aromatic N) is 3. The molecule has 0 aliphatic rings. The minimum absolute atomic E-state index is 0.507. The van der Waals surface area contributed by atoms with E-state index in [0.717, 1.165) is 4.73 Å². The average molecular weight is 223 g/mol. The molecule has 0 amide bonds. The van der Waals surface area contributed by atoms with Gasteiger partial charge in [-0.1, -0.05) is 5.16 Å². The van der Waals surface area contributed by atoms with Crippen molar-refractivity contribution in [1.82, 2.24) is 10.1 Å². The fourth-order valence-corrected chi connectivity index (χ4v) is 1.81. The number of aromatic nitrogens is 3. The monoisotopic (exact) mass is 223 g/mol. The largest absolute Gasteiger partial charge is 0.618 e. The van der Waals surface area contributed by atoms with Crippen molar-refractivity contribution in [2.24, 2.45) is 0 Å². The molecule has 15 heavy (non-hydrogen) atoms. The molecule has 0 fully saturated rings. The van der Waals surface area contributed by atoms with Crippen LogP contribution in [0.25, 0.3) is 0 Å². The Kier molecular flexibility index (Phi) is 2.86. The summed E-state index contributed by atoms with van der Waals surface area (Å²) in [5, 5.41) is 15.6. The van der Waals surface area contributed by atoms with E-state index in [1.807, 2.05) is 6.07 Å². The van der Waals surface area contributed by atoms with Crippen LogP contribution in [0.2, 0.25) is 0 Å². The highest BCUT2D eigenvalue weighted by Crippen LogP contribution is 2.17. The summed E-state index contributed by atoms with van der Waals surface area (Å²) in [6.45, 7) is 1.76. The maximum atomic E-state index is 11.3. The number of hydrogen-bond acceptors (Lipinski definition) is 5. The first kappa shape index (κ1) is 9.97. The maximum Gasteiger partial charge on any atom is 0.251 e. The highest BCUT2D eigenvalue weighted by Gasteiger charge is 2.08. The Morgan fingerprint density at radius 2 is 2.40 bits per heavy atom. The molecule has 0 atom stereocenters. The Bertz CT molecular complexity index is 458. The van der Waals surface area contributed by atoms with Gasteiger partial charge < -0.3 is 9.73 Å². The molecule has 2 aromatic rings. The van der Waals surface area contributed by atoms with Crippen molar-refractivity contribution in [3.63, 3.8) is 0 Å². The summed E-state index contributed by atoms with van der Waals surface area (Å²) < 4.78 is 5.75. The number of hydrogen-bond donors (Lipinski definition) is 0. The summed E-state index contributed by atoms with van der Waals surface area (Å²) in [7, 11) is 0. The van der Waals surface area contributed by atoms with Crippen LogP contribution in [-0.2, 0) is 5.75 Å². The molecule has 0 aliphatic heterocycles. The normalized spacial score (nSPS) is 10.5. The van der Waals surface area contributed by atoms with Crippen LogP contribution in [0.4, 0.5) is 0 Å². The number of rotatable bonds is 3. The number of aryl methyl sites for hydroxylation is 1. The zero-order chi connectivity index (χ0) is 10.7. The second-order valence-electron chi connectivity index (χ2n) is 2.89. The van der Waals surface area contributed by atoms with Crippen molar-refractivity contribution < 1.29 is 9.25 Å². The van der Waals surface area contributed by atoms with Gasteiger partial charge >= 0.3 is 0 Å². The van der Waals surface area contributed by atoms with Crippen LogP contribution >= 0.6 is 11.8 Å². The fraction of sp³-hybridized carbons (Fsp3) is 0.222. The molecule has 5 nitrogen and oxygen atoms in total. The standard InChI is InChI=1S/C9H9N3O2S/c1-7-10-8(14-11-7)6-15-9-4-2-3-5-12(9)13/h2-5H,6H2,1H3. The Hall–Kier alpha value is -1.56. The minimum atomic E-state index is 0.507. The van der Waals surface area contributed by atoms with Crippen LogP contribution in [-0.4, -0.2) is 10.1 Å². The average Bonchev–Trinajstić information content (AvgIpc) is 2.63. The second-order valence-corrected chi connectivity index (χ2v) is 3.88. The van der Waals surface area contributed by atoms with Gasteiger partial charge in [-0.25, -0.2) is 0 Å². The molecule has 2 heterocycles. The van der Waals surface area contributed by atoms with Crippen molar-refractivity contribution in [1.29, 1.82) is 0 Å². The molecule has 0 aliphatic carbocycles. The SMILES string of the molecule is Cc1noc(CSc2cccc[n+]2[O-])n1. The third kappa shape index (κ3) is 2.47. The molecule has 0 saturated carbocycles. The van der Waals surface area contributed by atoms with Gasteiger partial charge in [0.2, 0.25) is 5.89 Å². The van der Waals surface area contributed by atoms with Gasteiger partial charge in [0.25, 0.3) is 5.03 Å². The molecule has 6 heteroatoms. The molecule has 0 radical (unpaired) electrons. The van der Waals surface area contributed by atoms with Crippen molar-refractivity contribution in [3.8, 4) is 0 Å². The molecule has 2 aromatic heterocycles. The highest BCUT2D eigenvalue weighted by atomic mass is 32.2. The van der Waals surface area contributed by atoms with Crippen LogP contribution in [0.15, 0.2) is 33.9 Å². The predicted molar refractivity (Wildman–Crippen MR) is 54.0 cm³/mol. The lowest BCUT2D eigenvalue weighted by Crippen LogP contribution is -2.27. The van der Waals surface area contributed by atoms with Gasteiger partial charge in [0.05, 0.1) is 5.75 Å². The van der Waals surface area contributed by atoms with E-state index in [-0.39, 0.29) is 0 Å². The third-order valence-electron chi connectivity index (χ3n) is 1.70. The molecule has 0 N–H and O–H groups in total. The lowest BCUT2D eigenvalue weighted by Gasteiger charge is -2.00. The topological polar surface area (TPSA) is 65.9 Å². The quantitative estimate of drug-likeness (QED) is 0.446. The molecule has 0 saturated heterocycles. The summed E-state index contributed by atoms with van der Waals surface area (Å²) in [4.78, 5) is 4.05. The minimum Gasteiger partial charge on any atom is -0.618 e. The first-order valence-corrected chi connectivity index (χ1v) is 5.34. The van der Waals surface area contributed by atoms with Gasteiger partial charge in [-0.05, 0) is 24.8 Å². The van der Waals surface area contributed by atoms with Crippen LogP contribution < -0.4 is 4.73 Å². The Morgan fingerprint density at radius 3 is 3.07 bits per heavy atom. The van der Waals surface area contributed by atoms with E-state index in [0.29, 0.717) is 22.5 Å². The molecule has 0 bridgehead atoms. The summed E-state index contributed by atoms with van der Waals surface area (Å²) in [5.41, 5.74) is 0. The summed E-state index contributed by atoms with van der Waals surface area (Å²) in [6, 6.07) is 5.25. The Balaban J connectivity index is 2.02. The van der Waals surface area contributed by atoms with Gasteiger partial charge in [-0.15, -0.1) is 0 Å². The van der Waals surface area contributed by atoms with Gasteiger partial charge in [-0.3, -0.25) is 0 Å². The molecular formula is C9H9N3O2S. The Morgan fingerprint density at radius 1 is 1.53 bits per heavy atom. The third-order valence-corrected chi connectivity index (χ3v) is 2.70. The highest BCUT2D eigenvalue weighted by molar-refractivity contribution is 7.98. The van der Waals surface area contributed by atoms with Crippen LogP contribution in [0.1, 0.15) is 11.7 Å². The molecule has 78 valence electrons. The zero-order valence-corrected chi connectivity index (χ0v) is 8.90. The summed E-state index contributed by atoms with van der Waals surface area (Å²) in [5.74, 6) is 1.64.